The van der Waals surface area contributed by atoms with Crippen molar-refractivity contribution in [2.24, 2.45) is 0 Å². The molecule has 0 aliphatic carbocycles. The first kappa shape index (κ1) is 8.24. The van der Waals surface area contributed by atoms with Crippen molar-refractivity contribution in [1.29, 1.82) is 0 Å². The van der Waals surface area contributed by atoms with Crippen LogP contribution in [0.3, 0.4) is 0 Å². The summed E-state index contributed by atoms with van der Waals surface area (Å²) in [4.78, 5) is 4.54. The molecular weight excluding hydrogens is 158 g/mol. The van der Waals surface area contributed by atoms with Crippen LogP contribution in [0.1, 0.15) is 16.8 Å². The number of benzene rings is 1. The quantitative estimate of drug-likeness (QED) is 0.593. The molecule has 0 radical (unpaired) electrons. The number of rotatable bonds is 0. The molecule has 13 heavy (non-hydrogen) atoms. The zero-order chi connectivity index (χ0) is 9.42. The van der Waals surface area contributed by atoms with Crippen LogP contribution in [0.2, 0.25) is 0 Å². The molecule has 0 saturated heterocycles. The second kappa shape index (κ2) is 2.84. The SMILES string of the molecule is Cc1nc2ccccc2c(C)c1C. The minimum atomic E-state index is 1.10. The van der Waals surface area contributed by atoms with Gasteiger partial charge in [-0.1, -0.05) is 18.2 Å². The fourth-order valence-corrected chi connectivity index (χ4v) is 1.63. The van der Waals surface area contributed by atoms with Crippen LogP contribution in [0.25, 0.3) is 10.9 Å². The molecule has 0 aliphatic rings. The highest BCUT2D eigenvalue weighted by molar-refractivity contribution is 5.83. The highest BCUT2D eigenvalue weighted by Gasteiger charge is 2.03. The summed E-state index contributed by atoms with van der Waals surface area (Å²) in [5.41, 5.74) is 4.89. The molecule has 1 heteroatoms. The maximum absolute atomic E-state index is 4.54. The molecule has 0 unspecified atom stereocenters. The van der Waals surface area contributed by atoms with Crippen molar-refractivity contribution >= 4 is 10.9 Å². The van der Waals surface area contributed by atoms with Crippen LogP contribution in [0.15, 0.2) is 24.3 Å². The van der Waals surface area contributed by atoms with Crippen molar-refractivity contribution < 1.29 is 0 Å². The zero-order valence-corrected chi connectivity index (χ0v) is 8.26. The number of hydrogen-bond acceptors (Lipinski definition) is 1. The molecule has 0 saturated carbocycles. The Morgan fingerprint density at radius 1 is 0.923 bits per heavy atom. The number of pyridine rings is 1. The Bertz CT molecular complexity index is 458. The Kier molecular flexibility index (Phi) is 1.80. The minimum Gasteiger partial charge on any atom is -0.253 e. The van der Waals surface area contributed by atoms with Gasteiger partial charge in [-0.2, -0.15) is 0 Å². The number of nitrogens with zero attached hydrogens (tertiary/aromatic N) is 1. The third-order valence-electron chi connectivity index (χ3n) is 2.70. The lowest BCUT2D eigenvalue weighted by Gasteiger charge is -2.07. The number of aromatic nitrogens is 1. The molecule has 0 atom stereocenters. The van der Waals surface area contributed by atoms with Crippen LogP contribution in [0.4, 0.5) is 0 Å². The number of aryl methyl sites for hydroxylation is 2. The average Bonchev–Trinajstić information content (AvgIpc) is 2.15. The first-order chi connectivity index (χ1) is 6.20. The molecule has 66 valence electrons. The first-order valence-electron chi connectivity index (χ1n) is 4.52. The zero-order valence-electron chi connectivity index (χ0n) is 8.26. The van der Waals surface area contributed by atoms with E-state index >= 15 is 0 Å². The van der Waals surface area contributed by atoms with Gasteiger partial charge in [0.25, 0.3) is 0 Å². The van der Waals surface area contributed by atoms with Gasteiger partial charge in [-0.15, -0.1) is 0 Å². The molecule has 2 rings (SSSR count). The summed E-state index contributed by atoms with van der Waals surface area (Å²) >= 11 is 0. The lowest BCUT2D eigenvalue weighted by atomic mass is 10.0. The van der Waals surface area contributed by atoms with Crippen LogP contribution < -0.4 is 0 Å². The minimum absolute atomic E-state index is 1.10. The van der Waals surface area contributed by atoms with E-state index in [0.29, 0.717) is 0 Å². The molecule has 1 nitrogen and oxygen atoms in total. The van der Waals surface area contributed by atoms with Gasteiger partial charge in [0.1, 0.15) is 0 Å². The number of para-hydroxylation sites is 1. The van der Waals surface area contributed by atoms with E-state index in [1.165, 1.54) is 16.5 Å². The van der Waals surface area contributed by atoms with Crippen LogP contribution >= 0.6 is 0 Å². The van der Waals surface area contributed by atoms with Gasteiger partial charge in [0.15, 0.2) is 0 Å². The van der Waals surface area contributed by atoms with Crippen molar-refractivity contribution in [2.75, 3.05) is 0 Å². The fourth-order valence-electron chi connectivity index (χ4n) is 1.63. The summed E-state index contributed by atoms with van der Waals surface area (Å²) < 4.78 is 0. The standard InChI is InChI=1S/C12H13N/c1-8-9(2)11-6-4-5-7-12(11)13-10(8)3/h4-7H,1-3H3. The third-order valence-corrected chi connectivity index (χ3v) is 2.70. The molecule has 0 spiro atoms. The van der Waals surface area contributed by atoms with Crippen molar-refractivity contribution in [3.05, 3.63) is 41.1 Å². The molecule has 0 N–H and O–H groups in total. The second-order valence-electron chi connectivity index (χ2n) is 3.46. The Morgan fingerprint density at radius 3 is 2.38 bits per heavy atom. The van der Waals surface area contributed by atoms with Crippen molar-refractivity contribution in [2.45, 2.75) is 20.8 Å². The lowest BCUT2D eigenvalue weighted by Crippen LogP contribution is -1.92. The van der Waals surface area contributed by atoms with Gasteiger partial charge >= 0.3 is 0 Å². The van der Waals surface area contributed by atoms with Gasteiger partial charge in [0, 0.05) is 11.1 Å². The van der Waals surface area contributed by atoms with Crippen molar-refractivity contribution in [3.63, 3.8) is 0 Å². The van der Waals surface area contributed by atoms with Crippen LogP contribution in [0.5, 0.6) is 0 Å². The van der Waals surface area contributed by atoms with E-state index in [0.717, 1.165) is 11.2 Å². The summed E-state index contributed by atoms with van der Waals surface area (Å²) in [7, 11) is 0. The van der Waals surface area contributed by atoms with E-state index in [1.807, 2.05) is 6.07 Å². The monoisotopic (exact) mass is 171 g/mol. The highest BCUT2D eigenvalue weighted by Crippen LogP contribution is 2.20. The summed E-state index contributed by atoms with van der Waals surface area (Å²) in [5, 5.41) is 1.27. The van der Waals surface area contributed by atoms with Crippen molar-refractivity contribution in [1.82, 2.24) is 4.98 Å². The maximum Gasteiger partial charge on any atom is 0.0708 e. The van der Waals surface area contributed by atoms with Gasteiger partial charge in [-0.05, 0) is 38.0 Å². The van der Waals surface area contributed by atoms with E-state index in [1.54, 1.807) is 0 Å². The van der Waals surface area contributed by atoms with Crippen molar-refractivity contribution in [3.8, 4) is 0 Å². The van der Waals surface area contributed by atoms with Crippen LogP contribution in [0, 0.1) is 20.8 Å². The third kappa shape index (κ3) is 1.21. The van der Waals surface area contributed by atoms with E-state index in [9.17, 15) is 0 Å². The largest absolute Gasteiger partial charge is 0.253 e. The Hall–Kier alpha value is -1.37. The molecule has 0 fully saturated rings. The summed E-state index contributed by atoms with van der Waals surface area (Å²) in [6.45, 7) is 6.35. The summed E-state index contributed by atoms with van der Waals surface area (Å²) in [6.07, 6.45) is 0. The van der Waals surface area contributed by atoms with E-state index in [2.05, 4.69) is 44.0 Å². The molecule has 1 aromatic carbocycles. The molecule has 1 heterocycles. The van der Waals surface area contributed by atoms with E-state index < -0.39 is 0 Å². The van der Waals surface area contributed by atoms with Gasteiger partial charge < -0.3 is 0 Å². The molecule has 2 aromatic rings. The summed E-state index contributed by atoms with van der Waals surface area (Å²) in [5.74, 6) is 0. The lowest BCUT2D eigenvalue weighted by molar-refractivity contribution is 1.17. The predicted molar refractivity (Wildman–Crippen MR) is 56.0 cm³/mol. The molecular formula is C12H13N. The fraction of sp³-hybridized carbons (Fsp3) is 0.250. The normalized spacial score (nSPS) is 10.7. The predicted octanol–water partition coefficient (Wildman–Crippen LogP) is 3.16. The smallest absolute Gasteiger partial charge is 0.0708 e. The Balaban J connectivity index is 2.94. The Morgan fingerprint density at radius 2 is 1.62 bits per heavy atom. The molecule has 1 aromatic heterocycles. The number of hydrogen-bond donors (Lipinski definition) is 0. The summed E-state index contributed by atoms with van der Waals surface area (Å²) in [6, 6.07) is 8.29. The van der Waals surface area contributed by atoms with E-state index in [4.69, 9.17) is 0 Å². The van der Waals surface area contributed by atoms with Gasteiger partial charge in [-0.25, -0.2) is 0 Å². The first-order valence-corrected chi connectivity index (χ1v) is 4.52. The topological polar surface area (TPSA) is 12.9 Å². The Labute approximate surface area is 78.4 Å². The van der Waals surface area contributed by atoms with Gasteiger partial charge in [0.05, 0.1) is 5.52 Å². The molecule has 0 amide bonds. The molecule has 0 bridgehead atoms. The van der Waals surface area contributed by atoms with Crippen LogP contribution in [-0.2, 0) is 0 Å². The highest BCUT2D eigenvalue weighted by atomic mass is 14.7. The van der Waals surface area contributed by atoms with E-state index in [-0.39, 0.29) is 0 Å². The van der Waals surface area contributed by atoms with Crippen LogP contribution in [-0.4, -0.2) is 4.98 Å². The average molecular weight is 171 g/mol. The number of fused-ring (bicyclic) bond motifs is 1. The van der Waals surface area contributed by atoms with Gasteiger partial charge in [0.2, 0.25) is 0 Å². The molecule has 0 aliphatic heterocycles. The maximum atomic E-state index is 4.54. The second-order valence-corrected chi connectivity index (χ2v) is 3.46. The van der Waals surface area contributed by atoms with Gasteiger partial charge in [-0.3, -0.25) is 4.98 Å².